The predicted octanol–water partition coefficient (Wildman–Crippen LogP) is 3.97. The fraction of sp³-hybridized carbons (Fsp3) is 0.0833. The average molecular weight is 360 g/mol. The number of pyridine rings is 1. The van der Waals surface area contributed by atoms with Crippen LogP contribution in [-0.4, -0.2) is 4.98 Å². The first-order valence-electron chi connectivity index (χ1n) is 5.01. The summed E-state index contributed by atoms with van der Waals surface area (Å²) in [6.45, 7) is 1.93. The molecule has 3 N–H and O–H groups in total. The first-order chi connectivity index (χ1) is 8.06. The first-order valence-corrected chi connectivity index (χ1v) is 6.47. The lowest BCUT2D eigenvalue weighted by Crippen LogP contribution is -2.01. The van der Waals surface area contributed by atoms with Gasteiger partial charge in [0.25, 0.3) is 0 Å². The molecule has 0 unspecified atom stereocenters. The second-order valence-corrected chi connectivity index (χ2v) is 5.24. The highest BCUT2D eigenvalue weighted by atomic mass is 127. The second kappa shape index (κ2) is 5.10. The summed E-state index contributed by atoms with van der Waals surface area (Å²) in [5.41, 5.74) is 8.36. The van der Waals surface area contributed by atoms with Crippen molar-refractivity contribution in [1.82, 2.24) is 4.98 Å². The van der Waals surface area contributed by atoms with Crippen LogP contribution in [0.3, 0.4) is 0 Å². The Kier molecular flexibility index (Phi) is 3.73. The Morgan fingerprint density at radius 1 is 1.29 bits per heavy atom. The third kappa shape index (κ3) is 3.01. The van der Waals surface area contributed by atoms with Gasteiger partial charge in [-0.1, -0.05) is 11.6 Å². The van der Waals surface area contributed by atoms with Crippen LogP contribution in [0.25, 0.3) is 0 Å². The summed E-state index contributed by atoms with van der Waals surface area (Å²) >= 11 is 8.12. The summed E-state index contributed by atoms with van der Waals surface area (Å²) in [5, 5.41) is 3.92. The van der Waals surface area contributed by atoms with E-state index in [0.29, 0.717) is 16.5 Å². The van der Waals surface area contributed by atoms with E-state index in [0.717, 1.165) is 15.0 Å². The number of rotatable bonds is 2. The van der Waals surface area contributed by atoms with Crippen molar-refractivity contribution in [3.63, 3.8) is 0 Å². The maximum absolute atomic E-state index is 5.90. The zero-order chi connectivity index (χ0) is 12.4. The van der Waals surface area contributed by atoms with E-state index in [1.165, 1.54) is 0 Å². The summed E-state index contributed by atoms with van der Waals surface area (Å²) in [7, 11) is 0. The highest BCUT2D eigenvalue weighted by Gasteiger charge is 2.05. The van der Waals surface area contributed by atoms with Gasteiger partial charge >= 0.3 is 0 Å². The van der Waals surface area contributed by atoms with Crippen LogP contribution in [0.1, 0.15) is 5.69 Å². The number of hydrogen-bond donors (Lipinski definition) is 2. The molecule has 0 radical (unpaired) electrons. The third-order valence-electron chi connectivity index (χ3n) is 2.25. The molecule has 1 aromatic carbocycles. The highest BCUT2D eigenvalue weighted by Crippen LogP contribution is 2.27. The quantitative estimate of drug-likeness (QED) is 0.798. The molecular formula is C12H11ClIN3. The number of anilines is 3. The van der Waals surface area contributed by atoms with E-state index in [1.54, 1.807) is 0 Å². The van der Waals surface area contributed by atoms with Crippen LogP contribution in [-0.2, 0) is 0 Å². The monoisotopic (exact) mass is 359 g/mol. The van der Waals surface area contributed by atoms with Gasteiger partial charge in [0.1, 0.15) is 0 Å². The van der Waals surface area contributed by atoms with Crippen molar-refractivity contribution >= 4 is 51.4 Å². The minimum Gasteiger partial charge on any atom is -0.396 e. The number of aryl methyl sites for hydroxylation is 1. The summed E-state index contributed by atoms with van der Waals surface area (Å²) in [6.07, 6.45) is 0. The zero-order valence-corrected chi connectivity index (χ0v) is 12.1. The molecule has 0 bridgehead atoms. The van der Waals surface area contributed by atoms with Gasteiger partial charge in [-0.25, -0.2) is 4.98 Å². The molecule has 0 aliphatic heterocycles. The normalized spacial score (nSPS) is 10.3. The van der Waals surface area contributed by atoms with Gasteiger partial charge in [0.2, 0.25) is 0 Å². The Morgan fingerprint density at radius 2 is 2.06 bits per heavy atom. The maximum Gasteiger partial charge on any atom is 0.153 e. The SMILES string of the molecule is Cc1ccc(N)c(Nc2ccc(Cl)cc2I)n1. The van der Waals surface area contributed by atoms with E-state index in [2.05, 4.69) is 32.9 Å². The van der Waals surface area contributed by atoms with Crippen LogP contribution in [0.4, 0.5) is 17.2 Å². The van der Waals surface area contributed by atoms with Crippen molar-refractivity contribution in [3.05, 3.63) is 44.6 Å². The standard InChI is InChI=1S/C12H11ClIN3/c1-7-2-4-10(15)12(16-7)17-11-5-3-8(13)6-9(11)14/h2-6H,15H2,1H3,(H,16,17). The number of nitrogen functional groups attached to an aromatic ring is 1. The Labute approximate surface area is 119 Å². The van der Waals surface area contributed by atoms with Crippen LogP contribution in [0.15, 0.2) is 30.3 Å². The fourth-order valence-electron chi connectivity index (χ4n) is 1.39. The van der Waals surface area contributed by atoms with Crippen molar-refractivity contribution in [2.75, 3.05) is 11.1 Å². The molecule has 88 valence electrons. The van der Waals surface area contributed by atoms with Crippen molar-refractivity contribution in [1.29, 1.82) is 0 Å². The molecule has 0 aliphatic rings. The topological polar surface area (TPSA) is 50.9 Å². The molecule has 2 rings (SSSR count). The van der Waals surface area contributed by atoms with E-state index >= 15 is 0 Å². The lowest BCUT2D eigenvalue weighted by Gasteiger charge is -2.10. The van der Waals surface area contributed by atoms with Crippen LogP contribution in [0.2, 0.25) is 5.02 Å². The number of halogens is 2. The zero-order valence-electron chi connectivity index (χ0n) is 9.17. The summed E-state index contributed by atoms with van der Waals surface area (Å²) in [6, 6.07) is 9.35. The van der Waals surface area contributed by atoms with E-state index in [4.69, 9.17) is 17.3 Å². The van der Waals surface area contributed by atoms with E-state index < -0.39 is 0 Å². The first kappa shape index (κ1) is 12.4. The molecule has 2 aromatic rings. The molecule has 1 heterocycles. The van der Waals surface area contributed by atoms with Crippen LogP contribution in [0.5, 0.6) is 0 Å². The maximum atomic E-state index is 5.90. The Hall–Kier alpha value is -1.01. The van der Waals surface area contributed by atoms with Gasteiger partial charge in [0.05, 0.1) is 11.4 Å². The van der Waals surface area contributed by atoms with Crippen molar-refractivity contribution in [3.8, 4) is 0 Å². The molecule has 5 heteroatoms. The molecule has 3 nitrogen and oxygen atoms in total. The largest absolute Gasteiger partial charge is 0.396 e. The van der Waals surface area contributed by atoms with Crippen LogP contribution < -0.4 is 11.1 Å². The molecule has 1 aromatic heterocycles. The number of hydrogen-bond acceptors (Lipinski definition) is 3. The van der Waals surface area contributed by atoms with Crippen molar-refractivity contribution in [2.45, 2.75) is 6.92 Å². The summed E-state index contributed by atoms with van der Waals surface area (Å²) in [5.74, 6) is 0.672. The summed E-state index contributed by atoms with van der Waals surface area (Å²) < 4.78 is 1.03. The molecule has 0 saturated carbocycles. The predicted molar refractivity (Wildman–Crippen MR) is 80.8 cm³/mol. The number of nitrogens with one attached hydrogen (secondary N) is 1. The van der Waals surface area contributed by atoms with Gasteiger partial charge < -0.3 is 11.1 Å². The van der Waals surface area contributed by atoms with Gasteiger partial charge in [0.15, 0.2) is 5.82 Å². The number of benzene rings is 1. The molecule has 0 saturated heterocycles. The molecule has 17 heavy (non-hydrogen) atoms. The fourth-order valence-corrected chi connectivity index (χ4v) is 2.39. The minimum absolute atomic E-state index is 0.626. The Morgan fingerprint density at radius 3 is 2.76 bits per heavy atom. The Bertz CT molecular complexity index is 557. The van der Waals surface area contributed by atoms with Gasteiger partial charge in [-0.3, -0.25) is 0 Å². The Balaban J connectivity index is 2.34. The number of nitrogens with zero attached hydrogens (tertiary/aromatic N) is 1. The van der Waals surface area contributed by atoms with Crippen LogP contribution in [0, 0.1) is 10.5 Å². The molecule has 0 amide bonds. The smallest absolute Gasteiger partial charge is 0.153 e. The highest BCUT2D eigenvalue weighted by molar-refractivity contribution is 14.1. The van der Waals surface area contributed by atoms with Gasteiger partial charge in [-0.15, -0.1) is 0 Å². The molecule has 0 spiro atoms. The molecule has 0 fully saturated rings. The van der Waals surface area contributed by atoms with Crippen LogP contribution >= 0.6 is 34.2 Å². The third-order valence-corrected chi connectivity index (χ3v) is 3.38. The lowest BCUT2D eigenvalue weighted by atomic mass is 10.3. The van der Waals surface area contributed by atoms with Crippen molar-refractivity contribution in [2.24, 2.45) is 0 Å². The molecular weight excluding hydrogens is 349 g/mol. The van der Waals surface area contributed by atoms with Crippen molar-refractivity contribution < 1.29 is 0 Å². The lowest BCUT2D eigenvalue weighted by molar-refractivity contribution is 1.20. The van der Waals surface area contributed by atoms with Gasteiger partial charge in [-0.05, 0) is 59.8 Å². The second-order valence-electron chi connectivity index (χ2n) is 3.64. The van der Waals surface area contributed by atoms with Gasteiger partial charge in [-0.2, -0.15) is 0 Å². The molecule has 0 atom stereocenters. The minimum atomic E-state index is 0.626. The molecule has 0 aliphatic carbocycles. The number of nitrogens with two attached hydrogens (primary N) is 1. The van der Waals surface area contributed by atoms with Gasteiger partial charge in [0, 0.05) is 14.3 Å². The average Bonchev–Trinajstić information content (AvgIpc) is 2.27. The van der Waals surface area contributed by atoms with E-state index in [9.17, 15) is 0 Å². The summed E-state index contributed by atoms with van der Waals surface area (Å²) in [4.78, 5) is 4.36. The van der Waals surface area contributed by atoms with E-state index in [-0.39, 0.29) is 0 Å². The number of aromatic nitrogens is 1. The van der Waals surface area contributed by atoms with E-state index in [1.807, 2.05) is 37.3 Å².